The van der Waals surface area contributed by atoms with Crippen molar-refractivity contribution in [2.75, 3.05) is 26.7 Å². The van der Waals surface area contributed by atoms with Gasteiger partial charge in [0.2, 0.25) is 0 Å². The van der Waals surface area contributed by atoms with Gasteiger partial charge in [0.1, 0.15) is 0 Å². The molecule has 1 atom stereocenters. The Morgan fingerprint density at radius 3 is 2.54 bits per heavy atom. The number of para-hydroxylation sites is 1. The molecule has 0 spiro atoms. The Morgan fingerprint density at radius 1 is 1.21 bits per heavy atom. The molecule has 2 rings (SSSR count). The van der Waals surface area contributed by atoms with E-state index in [0.29, 0.717) is 6.54 Å². The Hall–Kier alpha value is -1.61. The highest BCUT2D eigenvalue weighted by molar-refractivity contribution is 14.0. The summed E-state index contributed by atoms with van der Waals surface area (Å²) in [6.45, 7) is 10.8. The third-order valence-corrected chi connectivity index (χ3v) is 4.37. The van der Waals surface area contributed by atoms with Gasteiger partial charge in [-0.25, -0.2) is 4.68 Å². The van der Waals surface area contributed by atoms with Gasteiger partial charge in [-0.2, -0.15) is 5.10 Å². The van der Waals surface area contributed by atoms with E-state index < -0.39 is 0 Å². The second-order valence-electron chi connectivity index (χ2n) is 7.62. The van der Waals surface area contributed by atoms with Crippen molar-refractivity contribution in [3.63, 3.8) is 0 Å². The first-order valence-electron chi connectivity index (χ1n) is 9.58. The molecule has 2 aromatic rings. The zero-order valence-electron chi connectivity index (χ0n) is 17.6. The van der Waals surface area contributed by atoms with Crippen LogP contribution >= 0.6 is 24.0 Å². The standard InChI is InChI=1S/C21H33N5O.HI/c1-6-22-20(24-15-19(27-5)21(2,3)4)23-13-12-17-14-25-26(16-17)18-10-8-7-9-11-18;/h7-11,14,16,19H,6,12-13,15H2,1-5H3,(H2,22,23,24);1H. The molecule has 28 heavy (non-hydrogen) atoms. The molecule has 1 aromatic heterocycles. The molecule has 0 fully saturated rings. The van der Waals surface area contributed by atoms with Gasteiger partial charge < -0.3 is 15.4 Å². The lowest BCUT2D eigenvalue weighted by atomic mass is 9.89. The number of halogens is 1. The van der Waals surface area contributed by atoms with Crippen LogP contribution in [0.5, 0.6) is 0 Å². The Bertz CT molecular complexity index is 709. The van der Waals surface area contributed by atoms with Gasteiger partial charge >= 0.3 is 0 Å². The molecule has 0 saturated carbocycles. The minimum Gasteiger partial charge on any atom is -0.379 e. The number of nitrogens with one attached hydrogen (secondary N) is 2. The fourth-order valence-electron chi connectivity index (χ4n) is 2.75. The van der Waals surface area contributed by atoms with Crippen LogP contribution in [0.4, 0.5) is 0 Å². The summed E-state index contributed by atoms with van der Waals surface area (Å²) in [6.07, 6.45) is 4.95. The molecule has 0 radical (unpaired) electrons. The molecule has 0 aliphatic carbocycles. The summed E-state index contributed by atoms with van der Waals surface area (Å²) < 4.78 is 7.49. The summed E-state index contributed by atoms with van der Waals surface area (Å²) in [6, 6.07) is 10.1. The Labute approximate surface area is 186 Å². The number of hydrogen-bond donors (Lipinski definition) is 2. The van der Waals surface area contributed by atoms with Crippen molar-refractivity contribution < 1.29 is 4.74 Å². The van der Waals surface area contributed by atoms with E-state index in [4.69, 9.17) is 4.74 Å². The first-order valence-corrected chi connectivity index (χ1v) is 9.58. The summed E-state index contributed by atoms with van der Waals surface area (Å²) in [4.78, 5) is 4.68. The van der Waals surface area contributed by atoms with Gasteiger partial charge in [-0.1, -0.05) is 39.0 Å². The summed E-state index contributed by atoms with van der Waals surface area (Å²) >= 11 is 0. The second-order valence-corrected chi connectivity index (χ2v) is 7.62. The zero-order valence-corrected chi connectivity index (χ0v) is 19.9. The maximum absolute atomic E-state index is 5.59. The van der Waals surface area contributed by atoms with Crippen LogP contribution in [0.3, 0.4) is 0 Å². The predicted molar refractivity (Wildman–Crippen MR) is 127 cm³/mol. The number of aromatic nitrogens is 2. The average Bonchev–Trinajstić information content (AvgIpc) is 3.11. The summed E-state index contributed by atoms with van der Waals surface area (Å²) in [5.74, 6) is 0.819. The topological polar surface area (TPSA) is 63.5 Å². The molecule has 1 heterocycles. The lowest BCUT2D eigenvalue weighted by Crippen LogP contribution is -2.40. The second kappa shape index (κ2) is 12.1. The third-order valence-electron chi connectivity index (χ3n) is 4.37. The molecule has 156 valence electrons. The number of guanidine groups is 1. The number of rotatable bonds is 8. The zero-order chi connectivity index (χ0) is 19.7. The normalized spacial score (nSPS) is 13.0. The SMILES string of the molecule is CCNC(=NCC(OC)C(C)(C)C)NCCc1cnn(-c2ccccc2)c1.I. The molecule has 0 aliphatic heterocycles. The molecule has 0 aliphatic rings. The van der Waals surface area contributed by atoms with E-state index in [-0.39, 0.29) is 35.5 Å². The predicted octanol–water partition coefficient (Wildman–Crippen LogP) is 3.65. The Morgan fingerprint density at radius 2 is 1.93 bits per heavy atom. The molecule has 0 saturated heterocycles. The minimum atomic E-state index is 0. The molecule has 1 unspecified atom stereocenters. The average molecular weight is 499 g/mol. The van der Waals surface area contributed by atoms with E-state index in [1.165, 1.54) is 5.56 Å². The van der Waals surface area contributed by atoms with E-state index in [1.807, 2.05) is 41.2 Å². The van der Waals surface area contributed by atoms with Crippen LogP contribution in [0.1, 0.15) is 33.3 Å². The number of methoxy groups -OCH3 is 1. The highest BCUT2D eigenvalue weighted by Crippen LogP contribution is 2.21. The summed E-state index contributed by atoms with van der Waals surface area (Å²) in [5, 5.41) is 11.1. The molecule has 0 amide bonds. The number of hydrogen-bond acceptors (Lipinski definition) is 3. The van der Waals surface area contributed by atoms with Crippen LogP contribution in [0.2, 0.25) is 0 Å². The number of nitrogens with zero attached hydrogens (tertiary/aromatic N) is 3. The van der Waals surface area contributed by atoms with Crippen molar-refractivity contribution in [2.24, 2.45) is 10.4 Å². The lowest BCUT2D eigenvalue weighted by Gasteiger charge is -2.28. The van der Waals surface area contributed by atoms with Crippen LogP contribution in [0, 0.1) is 5.41 Å². The van der Waals surface area contributed by atoms with Crippen molar-refractivity contribution >= 4 is 29.9 Å². The van der Waals surface area contributed by atoms with E-state index >= 15 is 0 Å². The van der Waals surface area contributed by atoms with Crippen molar-refractivity contribution in [1.29, 1.82) is 0 Å². The van der Waals surface area contributed by atoms with Gasteiger partial charge in [-0.3, -0.25) is 4.99 Å². The Balaban J connectivity index is 0.00000392. The molecule has 0 bridgehead atoms. The van der Waals surface area contributed by atoms with Gasteiger partial charge in [0.05, 0.1) is 24.5 Å². The molecule has 2 N–H and O–H groups in total. The molecule has 7 heteroatoms. The van der Waals surface area contributed by atoms with E-state index in [0.717, 1.165) is 31.2 Å². The van der Waals surface area contributed by atoms with E-state index in [9.17, 15) is 0 Å². The highest BCUT2D eigenvalue weighted by atomic mass is 127. The molecular weight excluding hydrogens is 465 g/mol. The van der Waals surface area contributed by atoms with Crippen molar-refractivity contribution in [3.05, 3.63) is 48.3 Å². The quantitative estimate of drug-likeness (QED) is 0.331. The molecule has 1 aromatic carbocycles. The van der Waals surface area contributed by atoms with E-state index in [1.54, 1.807) is 7.11 Å². The minimum absolute atomic E-state index is 0. The van der Waals surface area contributed by atoms with Gasteiger partial charge in [0.25, 0.3) is 0 Å². The first-order chi connectivity index (χ1) is 12.9. The number of ether oxygens (including phenoxy) is 1. The first kappa shape index (κ1) is 24.4. The van der Waals surface area contributed by atoms with Crippen LogP contribution in [0.15, 0.2) is 47.7 Å². The van der Waals surface area contributed by atoms with Crippen LogP contribution < -0.4 is 10.6 Å². The van der Waals surface area contributed by atoms with Gasteiger partial charge in [0.15, 0.2) is 5.96 Å². The summed E-state index contributed by atoms with van der Waals surface area (Å²) in [7, 11) is 1.75. The molecular formula is C21H34IN5O. The van der Waals surface area contributed by atoms with Crippen LogP contribution in [0.25, 0.3) is 5.69 Å². The lowest BCUT2D eigenvalue weighted by molar-refractivity contribution is 0.0241. The highest BCUT2D eigenvalue weighted by Gasteiger charge is 2.24. The maximum Gasteiger partial charge on any atom is 0.191 e. The fourth-order valence-corrected chi connectivity index (χ4v) is 2.75. The fraction of sp³-hybridized carbons (Fsp3) is 0.524. The van der Waals surface area contributed by atoms with Gasteiger partial charge in [0, 0.05) is 26.4 Å². The van der Waals surface area contributed by atoms with Crippen molar-refractivity contribution in [1.82, 2.24) is 20.4 Å². The van der Waals surface area contributed by atoms with Crippen molar-refractivity contribution in [3.8, 4) is 5.69 Å². The van der Waals surface area contributed by atoms with Crippen LogP contribution in [-0.4, -0.2) is 48.6 Å². The van der Waals surface area contributed by atoms with Gasteiger partial charge in [-0.05, 0) is 36.5 Å². The summed E-state index contributed by atoms with van der Waals surface area (Å²) in [5.41, 5.74) is 2.31. The molecule has 6 nitrogen and oxygen atoms in total. The third kappa shape index (κ3) is 7.79. The number of benzene rings is 1. The monoisotopic (exact) mass is 499 g/mol. The maximum atomic E-state index is 5.59. The number of aliphatic imine (C=N–C) groups is 1. The van der Waals surface area contributed by atoms with Crippen molar-refractivity contribution in [2.45, 2.75) is 40.2 Å². The van der Waals surface area contributed by atoms with Crippen LogP contribution in [-0.2, 0) is 11.2 Å². The largest absolute Gasteiger partial charge is 0.379 e. The Kier molecular flexibility index (Phi) is 10.5. The smallest absolute Gasteiger partial charge is 0.191 e. The van der Waals surface area contributed by atoms with E-state index in [2.05, 4.69) is 54.6 Å². The van der Waals surface area contributed by atoms with Gasteiger partial charge in [-0.15, -0.1) is 24.0 Å².